The van der Waals surface area contributed by atoms with Crippen LogP contribution >= 0.6 is 11.8 Å². The summed E-state index contributed by atoms with van der Waals surface area (Å²) in [5.41, 5.74) is 0. The molecule has 4 nitrogen and oxygen atoms in total. The van der Waals surface area contributed by atoms with E-state index in [1.54, 1.807) is 0 Å². The first kappa shape index (κ1) is 20.3. The first-order chi connectivity index (χ1) is 10.2. The van der Waals surface area contributed by atoms with Crippen LogP contribution in [0.25, 0.3) is 0 Å². The standard InChI is InChI=1S/C16H30O4S/c1-3-5-7-9-11-19-15(17)13-21-14-16(18)20-12-10-8-6-4-2/h3-14H2,1-2H3. The maximum atomic E-state index is 11.4. The quantitative estimate of drug-likeness (QED) is 0.358. The zero-order valence-corrected chi connectivity index (χ0v) is 14.3. The molecule has 0 fully saturated rings. The van der Waals surface area contributed by atoms with E-state index in [2.05, 4.69) is 13.8 Å². The second kappa shape index (κ2) is 15.7. The van der Waals surface area contributed by atoms with E-state index in [0.717, 1.165) is 25.7 Å². The molecular weight excluding hydrogens is 288 g/mol. The largest absolute Gasteiger partial charge is 0.465 e. The maximum absolute atomic E-state index is 11.4. The van der Waals surface area contributed by atoms with Crippen LogP contribution in [-0.2, 0) is 19.1 Å². The van der Waals surface area contributed by atoms with Gasteiger partial charge in [0, 0.05) is 0 Å². The molecule has 0 aliphatic heterocycles. The maximum Gasteiger partial charge on any atom is 0.315 e. The van der Waals surface area contributed by atoms with Crippen molar-refractivity contribution in [3.8, 4) is 0 Å². The lowest BCUT2D eigenvalue weighted by Gasteiger charge is -2.05. The number of hydrogen-bond acceptors (Lipinski definition) is 5. The molecule has 0 aliphatic rings. The van der Waals surface area contributed by atoms with Gasteiger partial charge in [0.2, 0.25) is 0 Å². The number of esters is 2. The van der Waals surface area contributed by atoms with Crippen LogP contribution < -0.4 is 0 Å². The highest BCUT2D eigenvalue weighted by molar-refractivity contribution is 8.00. The zero-order chi connectivity index (χ0) is 15.8. The van der Waals surface area contributed by atoms with Crippen molar-refractivity contribution in [1.82, 2.24) is 0 Å². The summed E-state index contributed by atoms with van der Waals surface area (Å²) in [6, 6.07) is 0. The normalized spacial score (nSPS) is 10.4. The van der Waals surface area contributed by atoms with E-state index in [-0.39, 0.29) is 23.4 Å². The Balaban J connectivity index is 3.34. The van der Waals surface area contributed by atoms with Crippen molar-refractivity contribution in [2.24, 2.45) is 0 Å². The minimum absolute atomic E-state index is 0.221. The third-order valence-corrected chi connectivity index (χ3v) is 3.84. The molecule has 0 heterocycles. The Labute approximate surface area is 133 Å². The highest BCUT2D eigenvalue weighted by Crippen LogP contribution is 2.05. The predicted octanol–water partition coefficient (Wildman–Crippen LogP) is 3.97. The average Bonchev–Trinajstić information content (AvgIpc) is 2.47. The molecule has 0 rings (SSSR count). The Morgan fingerprint density at radius 1 is 0.714 bits per heavy atom. The molecule has 0 saturated heterocycles. The molecule has 0 saturated carbocycles. The van der Waals surface area contributed by atoms with Crippen LogP contribution in [0.5, 0.6) is 0 Å². The Kier molecular flexibility index (Phi) is 15.1. The number of carbonyl (C=O) groups excluding carboxylic acids is 2. The minimum Gasteiger partial charge on any atom is -0.465 e. The van der Waals surface area contributed by atoms with Crippen molar-refractivity contribution in [3.63, 3.8) is 0 Å². The minimum atomic E-state index is -0.243. The smallest absolute Gasteiger partial charge is 0.315 e. The van der Waals surface area contributed by atoms with E-state index < -0.39 is 0 Å². The zero-order valence-electron chi connectivity index (χ0n) is 13.5. The number of thioether (sulfide) groups is 1. The molecule has 0 aromatic carbocycles. The summed E-state index contributed by atoms with van der Waals surface area (Å²) in [6.07, 6.45) is 8.73. The molecule has 124 valence electrons. The number of ether oxygens (including phenoxy) is 2. The lowest BCUT2D eigenvalue weighted by Crippen LogP contribution is -2.13. The molecule has 5 heteroatoms. The monoisotopic (exact) mass is 318 g/mol. The molecule has 0 bridgehead atoms. The van der Waals surface area contributed by atoms with Crippen molar-refractivity contribution < 1.29 is 19.1 Å². The van der Waals surface area contributed by atoms with Crippen LogP contribution in [0.4, 0.5) is 0 Å². The van der Waals surface area contributed by atoms with Crippen LogP contribution in [0, 0.1) is 0 Å². The van der Waals surface area contributed by atoms with Crippen molar-refractivity contribution in [2.75, 3.05) is 24.7 Å². The highest BCUT2D eigenvalue weighted by atomic mass is 32.2. The summed E-state index contributed by atoms with van der Waals surface area (Å²) in [7, 11) is 0. The van der Waals surface area contributed by atoms with Crippen LogP contribution in [0.3, 0.4) is 0 Å². The molecule has 0 N–H and O–H groups in total. The predicted molar refractivity (Wildman–Crippen MR) is 87.5 cm³/mol. The van der Waals surface area contributed by atoms with Gasteiger partial charge in [0.25, 0.3) is 0 Å². The van der Waals surface area contributed by atoms with Gasteiger partial charge in [-0.1, -0.05) is 52.4 Å². The number of unbranched alkanes of at least 4 members (excludes halogenated alkanes) is 6. The van der Waals surface area contributed by atoms with Gasteiger partial charge in [-0.05, 0) is 12.8 Å². The van der Waals surface area contributed by atoms with Crippen molar-refractivity contribution in [3.05, 3.63) is 0 Å². The van der Waals surface area contributed by atoms with Gasteiger partial charge in [-0.2, -0.15) is 0 Å². The second-order valence-electron chi connectivity index (χ2n) is 5.06. The molecule has 21 heavy (non-hydrogen) atoms. The average molecular weight is 318 g/mol. The third-order valence-electron chi connectivity index (χ3n) is 2.96. The fourth-order valence-corrected chi connectivity index (χ4v) is 2.33. The molecule has 0 radical (unpaired) electrons. The third kappa shape index (κ3) is 15.5. The first-order valence-electron chi connectivity index (χ1n) is 8.09. The number of rotatable bonds is 14. The van der Waals surface area contributed by atoms with E-state index in [1.165, 1.54) is 37.4 Å². The lowest BCUT2D eigenvalue weighted by atomic mass is 10.2. The number of carbonyl (C=O) groups is 2. The van der Waals surface area contributed by atoms with Gasteiger partial charge in [-0.3, -0.25) is 9.59 Å². The van der Waals surface area contributed by atoms with Crippen LogP contribution in [-0.4, -0.2) is 36.7 Å². The molecule has 0 unspecified atom stereocenters. The van der Waals surface area contributed by atoms with Crippen molar-refractivity contribution >= 4 is 23.7 Å². The molecule has 0 aliphatic carbocycles. The summed E-state index contributed by atoms with van der Waals surface area (Å²) < 4.78 is 10.2. The topological polar surface area (TPSA) is 52.6 Å². The highest BCUT2D eigenvalue weighted by Gasteiger charge is 2.07. The molecule has 0 aromatic rings. The van der Waals surface area contributed by atoms with Crippen molar-refractivity contribution in [2.45, 2.75) is 65.2 Å². The summed E-state index contributed by atoms with van der Waals surface area (Å²) in [5, 5.41) is 0. The van der Waals surface area contributed by atoms with Crippen LogP contribution in [0.2, 0.25) is 0 Å². The van der Waals surface area contributed by atoms with E-state index >= 15 is 0 Å². The SMILES string of the molecule is CCCCCCOC(=O)CSCC(=O)OCCCCCC. The lowest BCUT2D eigenvalue weighted by molar-refractivity contribution is -0.140. The first-order valence-corrected chi connectivity index (χ1v) is 9.25. The van der Waals surface area contributed by atoms with E-state index in [0.29, 0.717) is 13.2 Å². The van der Waals surface area contributed by atoms with Gasteiger partial charge in [0.15, 0.2) is 0 Å². The van der Waals surface area contributed by atoms with E-state index in [9.17, 15) is 9.59 Å². The van der Waals surface area contributed by atoms with Crippen LogP contribution in [0.15, 0.2) is 0 Å². The Morgan fingerprint density at radius 3 is 1.52 bits per heavy atom. The summed E-state index contributed by atoms with van der Waals surface area (Å²) in [6.45, 7) is 5.26. The molecule has 0 amide bonds. The van der Waals surface area contributed by atoms with Gasteiger partial charge in [0.05, 0.1) is 24.7 Å². The molecule has 0 spiro atoms. The fourth-order valence-electron chi connectivity index (χ4n) is 1.73. The summed E-state index contributed by atoms with van der Waals surface area (Å²) in [5.74, 6) is -0.0447. The second-order valence-corrected chi connectivity index (χ2v) is 6.04. The molecule has 0 aromatic heterocycles. The molecular formula is C16H30O4S. The van der Waals surface area contributed by atoms with E-state index in [4.69, 9.17) is 9.47 Å². The van der Waals surface area contributed by atoms with Gasteiger partial charge in [-0.15, -0.1) is 11.8 Å². The Morgan fingerprint density at radius 2 is 1.14 bits per heavy atom. The van der Waals surface area contributed by atoms with E-state index in [1.807, 2.05) is 0 Å². The molecule has 0 atom stereocenters. The number of hydrogen-bond donors (Lipinski definition) is 0. The van der Waals surface area contributed by atoms with Gasteiger partial charge in [0.1, 0.15) is 0 Å². The van der Waals surface area contributed by atoms with Gasteiger partial charge >= 0.3 is 11.9 Å². The summed E-state index contributed by atoms with van der Waals surface area (Å²) >= 11 is 1.26. The Bertz CT molecular complexity index is 243. The van der Waals surface area contributed by atoms with Crippen molar-refractivity contribution in [1.29, 1.82) is 0 Å². The van der Waals surface area contributed by atoms with Gasteiger partial charge in [-0.25, -0.2) is 0 Å². The fraction of sp³-hybridized carbons (Fsp3) is 0.875. The van der Waals surface area contributed by atoms with Gasteiger partial charge < -0.3 is 9.47 Å². The summed E-state index contributed by atoms with van der Waals surface area (Å²) in [4.78, 5) is 22.8. The van der Waals surface area contributed by atoms with Crippen LogP contribution in [0.1, 0.15) is 65.2 Å². The Hall–Kier alpha value is -0.710.